The second-order valence-electron chi connectivity index (χ2n) is 5.42. The van der Waals surface area contributed by atoms with Crippen molar-refractivity contribution in [1.82, 2.24) is 5.32 Å². The van der Waals surface area contributed by atoms with Gasteiger partial charge in [0.15, 0.2) is 0 Å². The molecule has 3 rings (SSSR count). The minimum atomic E-state index is -0.0875. The van der Waals surface area contributed by atoms with E-state index in [1.54, 1.807) is 0 Å². The average Bonchev–Trinajstić information content (AvgIpc) is 2.81. The molecule has 0 bridgehead atoms. The Morgan fingerprint density at radius 2 is 2.06 bits per heavy atom. The molecule has 0 spiro atoms. The smallest absolute Gasteiger partial charge is 0.0580 e. The third-order valence-corrected chi connectivity index (χ3v) is 5.38. The first kappa shape index (κ1) is 12.5. The number of rotatable bonds is 3. The van der Waals surface area contributed by atoms with Crippen molar-refractivity contribution < 1.29 is 5.11 Å². The number of fused-ring (bicyclic) bond motifs is 1. The van der Waals surface area contributed by atoms with Crippen LogP contribution in [0.1, 0.15) is 37.3 Å². The molecule has 3 atom stereocenters. The highest BCUT2D eigenvalue weighted by Crippen LogP contribution is 2.38. The van der Waals surface area contributed by atoms with E-state index in [1.165, 1.54) is 29.7 Å². The highest BCUT2D eigenvalue weighted by molar-refractivity contribution is 7.99. The highest BCUT2D eigenvalue weighted by atomic mass is 32.2. The van der Waals surface area contributed by atoms with Crippen molar-refractivity contribution in [3.8, 4) is 0 Å². The number of hydrogen-bond donors (Lipinski definition) is 2. The van der Waals surface area contributed by atoms with Crippen molar-refractivity contribution in [2.24, 2.45) is 5.92 Å². The molecule has 1 aliphatic heterocycles. The Kier molecular flexibility index (Phi) is 3.92. The molecule has 3 unspecified atom stereocenters. The molecule has 0 saturated heterocycles. The molecule has 98 valence electrons. The lowest BCUT2D eigenvalue weighted by Crippen LogP contribution is -2.35. The lowest BCUT2D eigenvalue weighted by atomic mass is 9.86. The fraction of sp³-hybridized carbons (Fsp3) is 0.600. The molecule has 1 aromatic carbocycles. The molecule has 18 heavy (non-hydrogen) atoms. The van der Waals surface area contributed by atoms with E-state index in [-0.39, 0.29) is 6.10 Å². The molecule has 1 aliphatic carbocycles. The molecule has 1 heterocycles. The molecule has 1 fully saturated rings. The molecule has 3 heteroatoms. The Labute approximate surface area is 113 Å². The normalized spacial score (nSPS) is 31.3. The van der Waals surface area contributed by atoms with Gasteiger partial charge < -0.3 is 10.4 Å². The average molecular weight is 263 g/mol. The topological polar surface area (TPSA) is 32.3 Å². The SMILES string of the molecule is OC1CCCCC1CNC1CSc2ccccc21. The van der Waals surface area contributed by atoms with E-state index < -0.39 is 0 Å². The molecular formula is C15H21NOS. The number of thioether (sulfide) groups is 1. The van der Waals surface area contributed by atoms with Crippen LogP contribution in [0.25, 0.3) is 0 Å². The van der Waals surface area contributed by atoms with E-state index in [9.17, 15) is 5.11 Å². The van der Waals surface area contributed by atoms with Crippen LogP contribution in [0.2, 0.25) is 0 Å². The van der Waals surface area contributed by atoms with Crippen molar-refractivity contribution in [2.45, 2.75) is 42.7 Å². The van der Waals surface area contributed by atoms with Crippen molar-refractivity contribution in [3.63, 3.8) is 0 Å². The molecule has 0 aromatic heterocycles. The third kappa shape index (κ3) is 2.58. The van der Waals surface area contributed by atoms with Gasteiger partial charge in [0.1, 0.15) is 0 Å². The zero-order valence-electron chi connectivity index (χ0n) is 10.6. The first-order valence-electron chi connectivity index (χ1n) is 6.98. The summed E-state index contributed by atoms with van der Waals surface area (Å²) in [4.78, 5) is 1.42. The lowest BCUT2D eigenvalue weighted by Gasteiger charge is -2.29. The summed E-state index contributed by atoms with van der Waals surface area (Å²) in [5.41, 5.74) is 1.44. The van der Waals surface area contributed by atoms with Gasteiger partial charge in [-0.3, -0.25) is 0 Å². The molecular weight excluding hydrogens is 242 g/mol. The highest BCUT2D eigenvalue weighted by Gasteiger charge is 2.26. The standard InChI is InChI=1S/C15H21NOS/c17-14-7-3-1-5-11(14)9-16-13-10-18-15-8-4-2-6-12(13)15/h2,4,6,8,11,13-14,16-17H,1,3,5,7,9-10H2. The van der Waals surface area contributed by atoms with Crippen LogP contribution >= 0.6 is 11.8 Å². The molecule has 2 aliphatic rings. The van der Waals surface area contributed by atoms with Crippen molar-refractivity contribution in [3.05, 3.63) is 29.8 Å². The van der Waals surface area contributed by atoms with E-state index in [4.69, 9.17) is 0 Å². The number of nitrogens with one attached hydrogen (secondary N) is 1. The Bertz CT molecular complexity index is 409. The summed E-state index contributed by atoms with van der Waals surface area (Å²) in [7, 11) is 0. The largest absolute Gasteiger partial charge is 0.393 e. The van der Waals surface area contributed by atoms with Crippen LogP contribution in [0.3, 0.4) is 0 Å². The van der Waals surface area contributed by atoms with E-state index in [2.05, 4.69) is 29.6 Å². The van der Waals surface area contributed by atoms with Crippen molar-refractivity contribution in [1.29, 1.82) is 0 Å². The van der Waals surface area contributed by atoms with E-state index in [0.717, 1.165) is 18.7 Å². The predicted molar refractivity (Wildman–Crippen MR) is 75.9 cm³/mol. The van der Waals surface area contributed by atoms with E-state index in [0.29, 0.717) is 12.0 Å². The molecule has 0 radical (unpaired) electrons. The fourth-order valence-corrected chi connectivity index (χ4v) is 4.25. The van der Waals surface area contributed by atoms with Crippen molar-refractivity contribution >= 4 is 11.8 Å². The summed E-state index contributed by atoms with van der Waals surface area (Å²) in [6.45, 7) is 0.959. The number of aliphatic hydroxyl groups excluding tert-OH is 1. The van der Waals surface area contributed by atoms with Gasteiger partial charge in [0.05, 0.1) is 6.10 Å². The van der Waals surface area contributed by atoms with Gasteiger partial charge in [-0.05, 0) is 30.4 Å². The Balaban J connectivity index is 1.58. The lowest BCUT2D eigenvalue weighted by molar-refractivity contribution is 0.0685. The van der Waals surface area contributed by atoms with Gasteiger partial charge in [-0.1, -0.05) is 31.0 Å². The van der Waals surface area contributed by atoms with E-state index >= 15 is 0 Å². The van der Waals surface area contributed by atoms with Gasteiger partial charge in [0.2, 0.25) is 0 Å². The Morgan fingerprint density at radius 1 is 1.22 bits per heavy atom. The van der Waals surface area contributed by atoms with Crippen molar-refractivity contribution in [2.75, 3.05) is 12.3 Å². The van der Waals surface area contributed by atoms with Crippen LogP contribution in [0.4, 0.5) is 0 Å². The second-order valence-corrected chi connectivity index (χ2v) is 6.48. The Morgan fingerprint density at radius 3 is 2.94 bits per heavy atom. The minimum Gasteiger partial charge on any atom is -0.393 e. The summed E-state index contributed by atoms with van der Waals surface area (Å²) in [6.07, 6.45) is 4.55. The maximum Gasteiger partial charge on any atom is 0.0580 e. The summed E-state index contributed by atoms with van der Waals surface area (Å²) in [5.74, 6) is 1.58. The van der Waals surface area contributed by atoms with Gasteiger partial charge in [-0.15, -0.1) is 11.8 Å². The number of aliphatic hydroxyl groups is 1. The summed E-state index contributed by atoms with van der Waals surface area (Å²) >= 11 is 1.94. The number of benzene rings is 1. The molecule has 0 amide bonds. The molecule has 1 aromatic rings. The van der Waals surface area contributed by atoms with Crippen LogP contribution < -0.4 is 5.32 Å². The Hall–Kier alpha value is -0.510. The first-order valence-corrected chi connectivity index (χ1v) is 7.96. The van der Waals surface area contributed by atoms with Gasteiger partial charge >= 0.3 is 0 Å². The summed E-state index contributed by atoms with van der Waals surface area (Å²) in [6, 6.07) is 9.13. The van der Waals surface area contributed by atoms with Gasteiger partial charge in [0, 0.05) is 23.2 Å². The summed E-state index contributed by atoms with van der Waals surface area (Å²) < 4.78 is 0. The maximum absolute atomic E-state index is 9.99. The molecule has 1 saturated carbocycles. The second kappa shape index (κ2) is 5.64. The molecule has 2 nitrogen and oxygen atoms in total. The predicted octanol–water partition coefficient (Wildman–Crippen LogP) is 2.97. The van der Waals surface area contributed by atoms with Crippen LogP contribution in [0.15, 0.2) is 29.2 Å². The zero-order valence-corrected chi connectivity index (χ0v) is 11.5. The first-order chi connectivity index (χ1) is 8.84. The van der Waals surface area contributed by atoms with Crippen LogP contribution in [-0.2, 0) is 0 Å². The quantitative estimate of drug-likeness (QED) is 0.879. The number of hydrogen-bond acceptors (Lipinski definition) is 3. The monoisotopic (exact) mass is 263 g/mol. The van der Waals surface area contributed by atoms with Gasteiger partial charge in [-0.2, -0.15) is 0 Å². The van der Waals surface area contributed by atoms with Crippen LogP contribution in [-0.4, -0.2) is 23.5 Å². The van der Waals surface area contributed by atoms with Crippen LogP contribution in [0.5, 0.6) is 0 Å². The zero-order chi connectivity index (χ0) is 12.4. The minimum absolute atomic E-state index is 0.0875. The summed E-state index contributed by atoms with van der Waals surface area (Å²) in [5, 5.41) is 13.6. The van der Waals surface area contributed by atoms with Gasteiger partial charge in [-0.25, -0.2) is 0 Å². The maximum atomic E-state index is 9.99. The van der Waals surface area contributed by atoms with E-state index in [1.807, 2.05) is 11.8 Å². The van der Waals surface area contributed by atoms with Gasteiger partial charge in [0.25, 0.3) is 0 Å². The fourth-order valence-electron chi connectivity index (χ4n) is 3.05. The van der Waals surface area contributed by atoms with Crippen LogP contribution in [0, 0.1) is 5.92 Å². The molecule has 2 N–H and O–H groups in total. The third-order valence-electron chi connectivity index (χ3n) is 4.20.